The molecule has 1 saturated heterocycles. The van der Waals surface area contributed by atoms with E-state index in [4.69, 9.17) is 4.74 Å². The molecule has 0 spiro atoms. The van der Waals surface area contributed by atoms with Gasteiger partial charge >= 0.3 is 6.03 Å². The molecule has 1 fully saturated rings. The molecule has 8 nitrogen and oxygen atoms in total. The third-order valence-corrected chi connectivity index (χ3v) is 9.49. The summed E-state index contributed by atoms with van der Waals surface area (Å²) in [6.07, 6.45) is 26.0. The number of aliphatic hydroxyl groups excluding tert-OH is 4. The fourth-order valence-electron chi connectivity index (χ4n) is 6.42. The number of ether oxygens (including phenoxy) is 1. The Morgan fingerprint density at radius 1 is 0.556 bits per heavy atom. The van der Waals surface area contributed by atoms with E-state index in [2.05, 4.69) is 19.2 Å². The topological polar surface area (TPSA) is 122 Å². The maximum Gasteiger partial charge on any atom is 0.319 e. The number of carbonyl (C=O) groups is 1. The summed E-state index contributed by atoms with van der Waals surface area (Å²) < 4.78 is 5.75. The van der Waals surface area contributed by atoms with Crippen LogP contribution in [0.1, 0.15) is 181 Å². The number of carbonyl (C=O) groups excluding carboxylic acids is 1. The number of unbranched alkanes of at least 4 members (excludes halogenated alkanes) is 24. The Bertz CT molecular complexity index is 667. The largest absolute Gasteiger partial charge is 0.394 e. The molecule has 0 aromatic rings. The summed E-state index contributed by atoms with van der Waals surface area (Å²) in [5.74, 6) is 0. The molecule has 1 heterocycles. The predicted molar refractivity (Wildman–Crippen MR) is 185 cm³/mol. The molecule has 5 N–H and O–H groups in total. The first-order valence-electron chi connectivity index (χ1n) is 19.3. The maximum atomic E-state index is 13.2. The van der Waals surface area contributed by atoms with Gasteiger partial charge in [-0.05, 0) is 12.8 Å². The van der Waals surface area contributed by atoms with Crippen LogP contribution < -0.4 is 5.32 Å². The molecule has 0 unspecified atom stereocenters. The highest BCUT2D eigenvalue weighted by Gasteiger charge is 2.46. The number of nitrogens with one attached hydrogen (secondary N) is 1. The van der Waals surface area contributed by atoms with Crippen molar-refractivity contribution in [3.8, 4) is 0 Å². The highest BCUT2D eigenvalue weighted by molar-refractivity contribution is 5.74. The van der Waals surface area contributed by atoms with Crippen LogP contribution in [0.4, 0.5) is 4.79 Å². The van der Waals surface area contributed by atoms with Gasteiger partial charge in [0.25, 0.3) is 0 Å². The van der Waals surface area contributed by atoms with E-state index in [-0.39, 0.29) is 6.03 Å². The number of amides is 2. The van der Waals surface area contributed by atoms with Crippen LogP contribution in [0.25, 0.3) is 0 Å². The van der Waals surface area contributed by atoms with Gasteiger partial charge in [0.05, 0.1) is 6.61 Å². The highest BCUT2D eigenvalue weighted by atomic mass is 16.6. The number of rotatable bonds is 30. The molecule has 1 aliphatic rings. The van der Waals surface area contributed by atoms with Gasteiger partial charge in [-0.25, -0.2) is 4.79 Å². The molecular weight excluding hydrogens is 568 g/mol. The second-order valence-corrected chi connectivity index (χ2v) is 13.6. The van der Waals surface area contributed by atoms with E-state index in [9.17, 15) is 25.2 Å². The Balaban J connectivity index is 2.28. The zero-order valence-corrected chi connectivity index (χ0v) is 29.4. The Morgan fingerprint density at radius 2 is 0.933 bits per heavy atom. The summed E-state index contributed by atoms with van der Waals surface area (Å²) in [6.45, 7) is 4.92. The standard InChI is InChI=1S/C37H74N2O6/c1-3-5-7-9-11-13-15-16-17-18-19-20-21-23-25-27-29-38-37(44)39(30-28-26-24-22-14-12-10-8-6-4-2)36-35(43)34(42)33(41)32(31-40)45-36/h32-36,40-43H,3-31H2,1-2H3,(H,38,44)/t32-,33-,34+,35-,36-/m1/s1. The van der Waals surface area contributed by atoms with Gasteiger partial charge in [0.1, 0.15) is 24.4 Å². The van der Waals surface area contributed by atoms with Crippen molar-refractivity contribution in [1.29, 1.82) is 0 Å². The zero-order chi connectivity index (χ0) is 33.0. The van der Waals surface area contributed by atoms with Crippen molar-refractivity contribution in [2.24, 2.45) is 0 Å². The van der Waals surface area contributed by atoms with Crippen molar-refractivity contribution in [2.45, 2.75) is 211 Å². The molecule has 2 amide bonds. The first kappa shape index (κ1) is 42.1. The molecule has 0 radical (unpaired) electrons. The predicted octanol–water partition coefficient (Wildman–Crippen LogP) is 7.98. The molecule has 268 valence electrons. The van der Waals surface area contributed by atoms with Crippen LogP contribution >= 0.6 is 0 Å². The van der Waals surface area contributed by atoms with Crippen LogP contribution in [0, 0.1) is 0 Å². The summed E-state index contributed by atoms with van der Waals surface area (Å²) >= 11 is 0. The fourth-order valence-corrected chi connectivity index (χ4v) is 6.42. The second kappa shape index (κ2) is 29.2. The molecule has 0 aromatic carbocycles. The van der Waals surface area contributed by atoms with Gasteiger partial charge in [-0.3, -0.25) is 4.90 Å². The number of nitrogens with zero attached hydrogens (tertiary/aromatic N) is 1. The molecule has 0 aromatic heterocycles. The number of hydrogen-bond acceptors (Lipinski definition) is 6. The van der Waals surface area contributed by atoms with Crippen molar-refractivity contribution in [3.63, 3.8) is 0 Å². The molecular formula is C37H74N2O6. The van der Waals surface area contributed by atoms with E-state index in [0.717, 1.165) is 32.1 Å². The average Bonchev–Trinajstić information content (AvgIpc) is 3.04. The van der Waals surface area contributed by atoms with Crippen molar-refractivity contribution >= 4 is 6.03 Å². The van der Waals surface area contributed by atoms with Gasteiger partial charge in [0.15, 0.2) is 6.23 Å². The Hall–Kier alpha value is -0.930. The lowest BCUT2D eigenvalue weighted by molar-refractivity contribution is -0.257. The van der Waals surface area contributed by atoms with Gasteiger partial charge in [0, 0.05) is 13.1 Å². The Kier molecular flexibility index (Phi) is 27.3. The van der Waals surface area contributed by atoms with Gasteiger partial charge in [0.2, 0.25) is 0 Å². The van der Waals surface area contributed by atoms with Crippen molar-refractivity contribution in [2.75, 3.05) is 19.7 Å². The SMILES string of the molecule is CCCCCCCCCCCCCCCCCCNC(=O)N(CCCCCCCCCCCC)[C@@H]1O[C@H](CO)[C@@H](O)[C@H](O)[C@H]1O. The molecule has 0 saturated carbocycles. The van der Waals surface area contributed by atoms with Crippen LogP contribution in [-0.2, 0) is 4.74 Å². The summed E-state index contributed by atoms with van der Waals surface area (Å²) in [5, 5.41) is 43.8. The minimum Gasteiger partial charge on any atom is -0.394 e. The number of hydrogen-bond donors (Lipinski definition) is 5. The monoisotopic (exact) mass is 643 g/mol. The van der Waals surface area contributed by atoms with Crippen molar-refractivity contribution in [3.05, 3.63) is 0 Å². The second-order valence-electron chi connectivity index (χ2n) is 13.6. The van der Waals surface area contributed by atoms with Crippen molar-refractivity contribution < 1.29 is 30.0 Å². The van der Waals surface area contributed by atoms with Crippen LogP contribution in [-0.4, -0.2) is 81.7 Å². The van der Waals surface area contributed by atoms with Crippen LogP contribution in [0.2, 0.25) is 0 Å². The third-order valence-electron chi connectivity index (χ3n) is 9.49. The van der Waals surface area contributed by atoms with Gasteiger partial charge < -0.3 is 30.5 Å². The fraction of sp³-hybridized carbons (Fsp3) is 0.973. The van der Waals surface area contributed by atoms with Crippen molar-refractivity contribution in [1.82, 2.24) is 10.2 Å². The third kappa shape index (κ3) is 20.1. The van der Waals surface area contributed by atoms with E-state index in [0.29, 0.717) is 13.1 Å². The zero-order valence-electron chi connectivity index (χ0n) is 29.4. The first-order chi connectivity index (χ1) is 22.0. The van der Waals surface area contributed by atoms with E-state index in [1.807, 2.05) is 0 Å². The summed E-state index contributed by atoms with van der Waals surface area (Å²) in [6, 6.07) is -0.337. The normalized spacial score (nSPS) is 21.7. The highest BCUT2D eigenvalue weighted by Crippen LogP contribution is 2.24. The van der Waals surface area contributed by atoms with Crippen LogP contribution in [0.3, 0.4) is 0 Å². The van der Waals surface area contributed by atoms with Gasteiger partial charge in [-0.2, -0.15) is 0 Å². The summed E-state index contributed by atoms with van der Waals surface area (Å²) in [4.78, 5) is 14.7. The smallest absolute Gasteiger partial charge is 0.319 e. The molecule has 0 bridgehead atoms. The number of aliphatic hydroxyl groups is 4. The lowest BCUT2D eigenvalue weighted by Gasteiger charge is -2.44. The lowest BCUT2D eigenvalue weighted by atomic mass is 9.97. The van der Waals surface area contributed by atoms with E-state index in [1.165, 1.54) is 140 Å². The molecule has 8 heteroatoms. The van der Waals surface area contributed by atoms with E-state index < -0.39 is 37.3 Å². The minimum absolute atomic E-state index is 0.337. The lowest BCUT2D eigenvalue weighted by Crippen LogP contribution is -2.65. The molecule has 1 aliphatic heterocycles. The molecule has 0 aliphatic carbocycles. The van der Waals surface area contributed by atoms with E-state index in [1.54, 1.807) is 0 Å². The summed E-state index contributed by atoms with van der Waals surface area (Å²) in [7, 11) is 0. The van der Waals surface area contributed by atoms with Crippen LogP contribution in [0.15, 0.2) is 0 Å². The quantitative estimate of drug-likeness (QED) is 0.0507. The van der Waals surface area contributed by atoms with E-state index >= 15 is 0 Å². The maximum absolute atomic E-state index is 13.2. The van der Waals surface area contributed by atoms with Gasteiger partial charge in [-0.1, -0.05) is 168 Å². The minimum atomic E-state index is -1.50. The van der Waals surface area contributed by atoms with Gasteiger partial charge in [-0.15, -0.1) is 0 Å². The molecule has 5 atom stereocenters. The number of urea groups is 1. The molecule has 45 heavy (non-hydrogen) atoms. The first-order valence-corrected chi connectivity index (χ1v) is 19.3. The Morgan fingerprint density at radius 3 is 1.33 bits per heavy atom. The Labute approximate surface area is 277 Å². The van der Waals surface area contributed by atoms with Crippen LogP contribution in [0.5, 0.6) is 0 Å². The average molecular weight is 643 g/mol. The summed E-state index contributed by atoms with van der Waals surface area (Å²) in [5.41, 5.74) is 0. The molecule has 1 rings (SSSR count).